The van der Waals surface area contributed by atoms with Crippen molar-refractivity contribution in [1.29, 1.82) is 0 Å². The van der Waals surface area contributed by atoms with Gasteiger partial charge in [-0.15, -0.1) is 10.2 Å². The van der Waals surface area contributed by atoms with E-state index in [4.69, 9.17) is 9.47 Å². The lowest BCUT2D eigenvalue weighted by molar-refractivity contribution is 0.397. The normalized spacial score (nSPS) is 10.5. The standard InChI is InChI=1S/C13H17N3O2S/c1-4-14-8-11-15-16-13(19-11)12-9(17-2)6-5-7-10(12)18-3/h5-7,14H,4,8H2,1-3H3. The summed E-state index contributed by atoms with van der Waals surface area (Å²) in [6.45, 7) is 3.70. The molecule has 0 saturated heterocycles. The van der Waals surface area contributed by atoms with Gasteiger partial charge in [-0.1, -0.05) is 24.3 Å². The van der Waals surface area contributed by atoms with Crippen molar-refractivity contribution in [1.82, 2.24) is 15.5 Å². The quantitative estimate of drug-likeness (QED) is 0.879. The van der Waals surface area contributed by atoms with Gasteiger partial charge < -0.3 is 14.8 Å². The Morgan fingerprint density at radius 3 is 2.42 bits per heavy atom. The van der Waals surface area contributed by atoms with E-state index >= 15 is 0 Å². The molecule has 0 saturated carbocycles. The van der Waals surface area contributed by atoms with Crippen molar-refractivity contribution >= 4 is 11.3 Å². The van der Waals surface area contributed by atoms with Crippen molar-refractivity contribution < 1.29 is 9.47 Å². The minimum absolute atomic E-state index is 0.728. The van der Waals surface area contributed by atoms with Crippen molar-refractivity contribution in [3.63, 3.8) is 0 Å². The van der Waals surface area contributed by atoms with Gasteiger partial charge in [0.1, 0.15) is 16.5 Å². The molecule has 0 unspecified atom stereocenters. The second-order valence-corrected chi connectivity index (χ2v) is 4.88. The summed E-state index contributed by atoms with van der Waals surface area (Å²) in [6, 6.07) is 5.67. The maximum atomic E-state index is 5.38. The van der Waals surface area contributed by atoms with E-state index in [1.807, 2.05) is 18.2 Å². The van der Waals surface area contributed by atoms with Gasteiger partial charge in [-0.2, -0.15) is 0 Å². The number of nitrogens with one attached hydrogen (secondary N) is 1. The van der Waals surface area contributed by atoms with E-state index in [2.05, 4.69) is 22.4 Å². The van der Waals surface area contributed by atoms with Crippen LogP contribution in [0.15, 0.2) is 18.2 Å². The molecule has 6 heteroatoms. The average Bonchev–Trinajstić information content (AvgIpc) is 2.92. The molecule has 19 heavy (non-hydrogen) atoms. The fourth-order valence-electron chi connectivity index (χ4n) is 1.72. The first-order chi connectivity index (χ1) is 9.30. The minimum Gasteiger partial charge on any atom is -0.496 e. The molecule has 0 fully saturated rings. The predicted molar refractivity (Wildman–Crippen MR) is 75.8 cm³/mol. The number of aromatic nitrogens is 2. The van der Waals surface area contributed by atoms with Gasteiger partial charge in [0, 0.05) is 6.54 Å². The number of nitrogens with zero attached hydrogens (tertiary/aromatic N) is 2. The fraction of sp³-hybridized carbons (Fsp3) is 0.385. The van der Waals surface area contributed by atoms with Crippen LogP contribution in [0.1, 0.15) is 11.9 Å². The summed E-state index contributed by atoms with van der Waals surface area (Å²) in [6.07, 6.45) is 0. The highest BCUT2D eigenvalue weighted by atomic mass is 32.1. The van der Waals surface area contributed by atoms with Crippen LogP contribution in [-0.4, -0.2) is 31.0 Å². The van der Waals surface area contributed by atoms with Crippen LogP contribution in [0, 0.1) is 0 Å². The first-order valence-electron chi connectivity index (χ1n) is 6.04. The van der Waals surface area contributed by atoms with Crippen molar-refractivity contribution in [2.24, 2.45) is 0 Å². The van der Waals surface area contributed by atoms with Gasteiger partial charge in [-0.05, 0) is 18.7 Å². The third kappa shape index (κ3) is 3.02. The van der Waals surface area contributed by atoms with Gasteiger partial charge in [0.2, 0.25) is 0 Å². The Bertz CT molecular complexity index is 520. The molecule has 1 aromatic heterocycles. The van der Waals surface area contributed by atoms with Crippen molar-refractivity contribution in [3.05, 3.63) is 23.2 Å². The molecule has 1 heterocycles. The zero-order valence-electron chi connectivity index (χ0n) is 11.3. The number of hydrogen-bond donors (Lipinski definition) is 1. The average molecular weight is 279 g/mol. The zero-order chi connectivity index (χ0) is 13.7. The molecular formula is C13H17N3O2S. The van der Waals surface area contributed by atoms with E-state index in [-0.39, 0.29) is 0 Å². The highest BCUT2D eigenvalue weighted by molar-refractivity contribution is 7.14. The van der Waals surface area contributed by atoms with Crippen LogP contribution in [0.5, 0.6) is 11.5 Å². The second-order valence-electron chi connectivity index (χ2n) is 3.82. The maximum absolute atomic E-state index is 5.38. The van der Waals surface area contributed by atoms with E-state index in [1.165, 1.54) is 0 Å². The lowest BCUT2D eigenvalue weighted by atomic mass is 10.2. The van der Waals surface area contributed by atoms with Crippen LogP contribution in [-0.2, 0) is 6.54 Å². The van der Waals surface area contributed by atoms with Crippen LogP contribution < -0.4 is 14.8 Å². The summed E-state index contributed by atoms with van der Waals surface area (Å²) in [4.78, 5) is 0. The largest absolute Gasteiger partial charge is 0.496 e. The van der Waals surface area contributed by atoms with E-state index in [1.54, 1.807) is 25.6 Å². The monoisotopic (exact) mass is 279 g/mol. The van der Waals surface area contributed by atoms with Gasteiger partial charge in [-0.3, -0.25) is 0 Å². The third-order valence-corrected chi connectivity index (χ3v) is 3.58. The van der Waals surface area contributed by atoms with Gasteiger partial charge >= 0.3 is 0 Å². The highest BCUT2D eigenvalue weighted by Crippen LogP contribution is 2.39. The van der Waals surface area contributed by atoms with Crippen LogP contribution in [0.25, 0.3) is 10.6 Å². The van der Waals surface area contributed by atoms with Gasteiger partial charge in [0.25, 0.3) is 0 Å². The molecule has 1 N–H and O–H groups in total. The Morgan fingerprint density at radius 1 is 1.16 bits per heavy atom. The predicted octanol–water partition coefficient (Wildman–Crippen LogP) is 2.33. The second kappa shape index (κ2) is 6.49. The third-order valence-electron chi connectivity index (χ3n) is 2.63. The molecule has 1 aromatic carbocycles. The van der Waals surface area contributed by atoms with E-state index in [0.717, 1.165) is 40.2 Å². The SMILES string of the molecule is CCNCc1nnc(-c2c(OC)cccc2OC)s1. The first-order valence-corrected chi connectivity index (χ1v) is 6.86. The fourth-order valence-corrected chi connectivity index (χ4v) is 2.58. The lowest BCUT2D eigenvalue weighted by Gasteiger charge is -2.09. The summed E-state index contributed by atoms with van der Waals surface area (Å²) in [5.74, 6) is 1.48. The number of methoxy groups -OCH3 is 2. The molecule has 2 aromatic rings. The van der Waals surface area contributed by atoms with Crippen LogP contribution in [0.3, 0.4) is 0 Å². The van der Waals surface area contributed by atoms with E-state index < -0.39 is 0 Å². The molecule has 0 bridgehead atoms. The molecule has 5 nitrogen and oxygen atoms in total. The smallest absolute Gasteiger partial charge is 0.155 e. The molecule has 0 amide bonds. The summed E-state index contributed by atoms with van der Waals surface area (Å²) in [7, 11) is 3.28. The summed E-state index contributed by atoms with van der Waals surface area (Å²) < 4.78 is 10.8. The Hall–Kier alpha value is -1.66. The molecule has 0 aliphatic rings. The van der Waals surface area contributed by atoms with Crippen molar-refractivity contribution in [3.8, 4) is 22.1 Å². The molecule has 2 rings (SSSR count). The lowest BCUT2D eigenvalue weighted by Crippen LogP contribution is -2.11. The molecule has 0 spiro atoms. The molecular weight excluding hydrogens is 262 g/mol. The number of rotatable bonds is 6. The highest BCUT2D eigenvalue weighted by Gasteiger charge is 2.16. The van der Waals surface area contributed by atoms with Crippen molar-refractivity contribution in [2.45, 2.75) is 13.5 Å². The molecule has 102 valence electrons. The van der Waals surface area contributed by atoms with E-state index in [0.29, 0.717) is 0 Å². The van der Waals surface area contributed by atoms with Crippen molar-refractivity contribution in [2.75, 3.05) is 20.8 Å². The zero-order valence-corrected chi connectivity index (χ0v) is 12.1. The van der Waals surface area contributed by atoms with Gasteiger partial charge in [0.05, 0.1) is 19.8 Å². The van der Waals surface area contributed by atoms with Crippen LogP contribution >= 0.6 is 11.3 Å². The first kappa shape index (κ1) is 13.8. The van der Waals surface area contributed by atoms with Gasteiger partial charge in [-0.25, -0.2) is 0 Å². The maximum Gasteiger partial charge on any atom is 0.155 e. The minimum atomic E-state index is 0.728. The molecule has 0 aliphatic carbocycles. The summed E-state index contributed by atoms with van der Waals surface area (Å²) in [5, 5.41) is 13.4. The Balaban J connectivity index is 2.37. The van der Waals surface area contributed by atoms with Gasteiger partial charge in [0.15, 0.2) is 5.01 Å². The Kier molecular flexibility index (Phi) is 4.70. The van der Waals surface area contributed by atoms with Crippen LogP contribution in [0.4, 0.5) is 0 Å². The summed E-state index contributed by atoms with van der Waals surface area (Å²) >= 11 is 1.54. The molecule has 0 aliphatic heterocycles. The number of ether oxygens (including phenoxy) is 2. The number of benzene rings is 1. The molecule has 0 atom stereocenters. The molecule has 0 radical (unpaired) electrons. The Labute approximate surface area is 116 Å². The van der Waals surface area contributed by atoms with E-state index in [9.17, 15) is 0 Å². The topological polar surface area (TPSA) is 56.3 Å². The Morgan fingerprint density at radius 2 is 1.84 bits per heavy atom. The van der Waals surface area contributed by atoms with Crippen LogP contribution in [0.2, 0.25) is 0 Å². The number of hydrogen-bond acceptors (Lipinski definition) is 6. The summed E-state index contributed by atoms with van der Waals surface area (Å²) in [5.41, 5.74) is 0.854.